The summed E-state index contributed by atoms with van der Waals surface area (Å²) in [5, 5.41) is 3.22. The van der Waals surface area contributed by atoms with Crippen molar-refractivity contribution in [2.45, 2.75) is 26.7 Å². The first-order valence-corrected chi connectivity index (χ1v) is 6.45. The van der Waals surface area contributed by atoms with Crippen molar-refractivity contribution in [2.24, 2.45) is 0 Å². The molecule has 0 unspecified atom stereocenters. The van der Waals surface area contributed by atoms with Crippen molar-refractivity contribution in [3.05, 3.63) is 53.5 Å². The number of pyridine rings is 2. The summed E-state index contributed by atoms with van der Waals surface area (Å²) >= 11 is 0. The van der Waals surface area contributed by atoms with Crippen LogP contribution in [0.5, 0.6) is 0 Å². The Bertz CT molecular complexity index is 491. The fraction of sp³-hybridized carbons (Fsp3) is 0.333. The topological polar surface area (TPSA) is 37.8 Å². The van der Waals surface area contributed by atoms with E-state index in [9.17, 15) is 0 Å². The van der Waals surface area contributed by atoms with Crippen LogP contribution in [0.15, 0.2) is 36.5 Å². The van der Waals surface area contributed by atoms with E-state index in [4.69, 9.17) is 0 Å². The minimum Gasteiger partial charge on any atom is -0.370 e. The van der Waals surface area contributed by atoms with Gasteiger partial charge >= 0.3 is 0 Å². The zero-order valence-corrected chi connectivity index (χ0v) is 11.0. The van der Waals surface area contributed by atoms with Crippen LogP contribution >= 0.6 is 0 Å². The molecule has 0 spiro atoms. The molecule has 0 saturated carbocycles. The lowest BCUT2D eigenvalue weighted by Gasteiger charge is -2.05. The second kappa shape index (κ2) is 6.15. The standard InChI is InChI=1S/C15H19N3/c1-3-12-8-9-13(17-11-12)10-14-6-5-7-15(18-14)16-4-2/h5-9,11H,3-4,10H2,1-2H3,(H,16,18). The molecule has 2 aromatic heterocycles. The molecular weight excluding hydrogens is 222 g/mol. The number of rotatable bonds is 5. The first kappa shape index (κ1) is 12.6. The van der Waals surface area contributed by atoms with E-state index in [1.54, 1.807) is 0 Å². The molecule has 94 valence electrons. The van der Waals surface area contributed by atoms with Crippen LogP contribution in [-0.2, 0) is 12.8 Å². The molecule has 0 saturated heterocycles. The van der Waals surface area contributed by atoms with Crippen LogP contribution in [0, 0.1) is 0 Å². The highest BCUT2D eigenvalue weighted by Crippen LogP contribution is 2.09. The van der Waals surface area contributed by atoms with Crippen molar-refractivity contribution < 1.29 is 0 Å². The minimum atomic E-state index is 0.781. The largest absolute Gasteiger partial charge is 0.370 e. The number of anilines is 1. The normalized spacial score (nSPS) is 10.3. The number of hydrogen-bond donors (Lipinski definition) is 1. The smallest absolute Gasteiger partial charge is 0.126 e. The van der Waals surface area contributed by atoms with Gasteiger partial charge in [-0.3, -0.25) is 4.98 Å². The van der Waals surface area contributed by atoms with Gasteiger partial charge in [-0.25, -0.2) is 4.98 Å². The molecule has 18 heavy (non-hydrogen) atoms. The van der Waals surface area contributed by atoms with E-state index in [1.165, 1.54) is 5.56 Å². The Balaban J connectivity index is 2.09. The van der Waals surface area contributed by atoms with Gasteiger partial charge < -0.3 is 5.32 Å². The van der Waals surface area contributed by atoms with Gasteiger partial charge in [-0.1, -0.05) is 19.1 Å². The van der Waals surface area contributed by atoms with E-state index in [-0.39, 0.29) is 0 Å². The summed E-state index contributed by atoms with van der Waals surface area (Å²) in [7, 11) is 0. The van der Waals surface area contributed by atoms with Gasteiger partial charge in [0.15, 0.2) is 0 Å². The van der Waals surface area contributed by atoms with Gasteiger partial charge in [0, 0.05) is 30.6 Å². The van der Waals surface area contributed by atoms with Crippen molar-refractivity contribution in [1.82, 2.24) is 9.97 Å². The SMILES string of the molecule is CCNc1cccc(Cc2ccc(CC)cn2)n1. The second-order valence-electron chi connectivity index (χ2n) is 4.23. The van der Waals surface area contributed by atoms with Crippen LogP contribution in [0.25, 0.3) is 0 Å². The van der Waals surface area contributed by atoms with Crippen LogP contribution in [-0.4, -0.2) is 16.5 Å². The minimum absolute atomic E-state index is 0.781. The van der Waals surface area contributed by atoms with Gasteiger partial charge in [0.05, 0.1) is 0 Å². The number of aryl methyl sites for hydroxylation is 1. The highest BCUT2D eigenvalue weighted by molar-refractivity contribution is 5.35. The zero-order valence-electron chi connectivity index (χ0n) is 11.0. The Kier molecular flexibility index (Phi) is 4.29. The molecule has 0 fully saturated rings. The summed E-state index contributed by atoms with van der Waals surface area (Å²) in [5.41, 5.74) is 3.38. The van der Waals surface area contributed by atoms with Gasteiger partial charge in [-0.05, 0) is 37.1 Å². The van der Waals surface area contributed by atoms with Gasteiger partial charge in [-0.2, -0.15) is 0 Å². The van der Waals surface area contributed by atoms with Crippen molar-refractivity contribution in [3.8, 4) is 0 Å². The van der Waals surface area contributed by atoms with Crippen molar-refractivity contribution >= 4 is 5.82 Å². The third-order valence-electron chi connectivity index (χ3n) is 2.82. The fourth-order valence-electron chi connectivity index (χ4n) is 1.81. The Morgan fingerprint density at radius 3 is 2.61 bits per heavy atom. The average Bonchev–Trinajstić information content (AvgIpc) is 2.40. The highest BCUT2D eigenvalue weighted by atomic mass is 15.0. The third-order valence-corrected chi connectivity index (χ3v) is 2.82. The van der Waals surface area contributed by atoms with Crippen LogP contribution in [0.1, 0.15) is 30.8 Å². The highest BCUT2D eigenvalue weighted by Gasteiger charge is 2.00. The molecule has 0 aromatic carbocycles. The molecule has 3 nitrogen and oxygen atoms in total. The summed E-state index contributed by atoms with van der Waals surface area (Å²) in [6.07, 6.45) is 3.76. The molecule has 2 heterocycles. The van der Waals surface area contributed by atoms with Crippen molar-refractivity contribution in [3.63, 3.8) is 0 Å². The first-order chi connectivity index (χ1) is 8.81. The average molecular weight is 241 g/mol. The fourth-order valence-corrected chi connectivity index (χ4v) is 1.81. The van der Waals surface area contributed by atoms with E-state index >= 15 is 0 Å². The Morgan fingerprint density at radius 1 is 1.06 bits per heavy atom. The predicted octanol–water partition coefficient (Wildman–Crippen LogP) is 3.06. The van der Waals surface area contributed by atoms with E-state index in [0.717, 1.165) is 36.6 Å². The third kappa shape index (κ3) is 3.29. The van der Waals surface area contributed by atoms with Crippen LogP contribution in [0.2, 0.25) is 0 Å². The number of nitrogens with zero attached hydrogens (tertiary/aromatic N) is 2. The number of nitrogens with one attached hydrogen (secondary N) is 1. The second-order valence-corrected chi connectivity index (χ2v) is 4.23. The molecule has 0 atom stereocenters. The maximum absolute atomic E-state index is 4.55. The summed E-state index contributed by atoms with van der Waals surface area (Å²) in [6, 6.07) is 10.3. The predicted molar refractivity (Wildman–Crippen MR) is 74.8 cm³/mol. The van der Waals surface area contributed by atoms with E-state index in [0.29, 0.717) is 0 Å². The summed E-state index contributed by atoms with van der Waals surface area (Å²) < 4.78 is 0. The molecule has 0 aliphatic heterocycles. The maximum atomic E-state index is 4.55. The van der Waals surface area contributed by atoms with E-state index in [2.05, 4.69) is 41.3 Å². The van der Waals surface area contributed by atoms with Crippen molar-refractivity contribution in [2.75, 3.05) is 11.9 Å². The van der Waals surface area contributed by atoms with Gasteiger partial charge in [0.1, 0.15) is 5.82 Å². The molecule has 0 aliphatic rings. The Morgan fingerprint density at radius 2 is 1.94 bits per heavy atom. The molecule has 2 rings (SSSR count). The lowest BCUT2D eigenvalue weighted by atomic mass is 10.1. The quantitative estimate of drug-likeness (QED) is 0.874. The molecule has 0 radical (unpaired) electrons. The molecule has 0 amide bonds. The van der Waals surface area contributed by atoms with Gasteiger partial charge in [-0.15, -0.1) is 0 Å². The zero-order chi connectivity index (χ0) is 12.8. The summed E-state index contributed by atoms with van der Waals surface area (Å²) in [4.78, 5) is 9.01. The molecule has 2 aromatic rings. The molecule has 0 aliphatic carbocycles. The first-order valence-electron chi connectivity index (χ1n) is 6.45. The monoisotopic (exact) mass is 241 g/mol. The maximum Gasteiger partial charge on any atom is 0.126 e. The molecule has 1 N–H and O–H groups in total. The van der Waals surface area contributed by atoms with Crippen LogP contribution < -0.4 is 5.32 Å². The number of aromatic nitrogens is 2. The Hall–Kier alpha value is -1.90. The summed E-state index contributed by atoms with van der Waals surface area (Å²) in [6.45, 7) is 5.09. The molecule has 3 heteroatoms. The van der Waals surface area contributed by atoms with Gasteiger partial charge in [0.25, 0.3) is 0 Å². The van der Waals surface area contributed by atoms with E-state index < -0.39 is 0 Å². The molecule has 0 bridgehead atoms. The van der Waals surface area contributed by atoms with E-state index in [1.807, 2.05) is 24.4 Å². The van der Waals surface area contributed by atoms with Crippen LogP contribution in [0.4, 0.5) is 5.82 Å². The van der Waals surface area contributed by atoms with Crippen molar-refractivity contribution in [1.29, 1.82) is 0 Å². The Labute approximate surface area is 108 Å². The number of hydrogen-bond acceptors (Lipinski definition) is 3. The summed E-state index contributed by atoms with van der Waals surface area (Å²) in [5.74, 6) is 0.931. The lowest BCUT2D eigenvalue weighted by molar-refractivity contribution is 0.988. The van der Waals surface area contributed by atoms with Gasteiger partial charge in [0.2, 0.25) is 0 Å². The van der Waals surface area contributed by atoms with Crippen LogP contribution in [0.3, 0.4) is 0 Å². The molecular formula is C15H19N3. The lowest BCUT2D eigenvalue weighted by Crippen LogP contribution is -2.02.